The molecule has 0 aromatic heterocycles. The fourth-order valence-corrected chi connectivity index (χ4v) is 2.69. The SMILES string of the molecule is CC(C)CNC(=O)c1ccccc1NC(=O)C1CCN(C)CC1. The van der Waals surface area contributed by atoms with Gasteiger partial charge in [0.05, 0.1) is 11.3 Å². The van der Waals surface area contributed by atoms with Gasteiger partial charge >= 0.3 is 0 Å². The molecule has 5 nitrogen and oxygen atoms in total. The van der Waals surface area contributed by atoms with Gasteiger partial charge in [0.25, 0.3) is 5.91 Å². The molecule has 1 aliphatic heterocycles. The summed E-state index contributed by atoms with van der Waals surface area (Å²) in [7, 11) is 2.07. The lowest BCUT2D eigenvalue weighted by atomic mass is 9.96. The highest BCUT2D eigenvalue weighted by atomic mass is 16.2. The van der Waals surface area contributed by atoms with Crippen LogP contribution in [0.2, 0.25) is 0 Å². The molecule has 126 valence electrons. The van der Waals surface area contributed by atoms with Crippen molar-refractivity contribution < 1.29 is 9.59 Å². The van der Waals surface area contributed by atoms with E-state index in [0.29, 0.717) is 23.7 Å². The van der Waals surface area contributed by atoms with Crippen molar-refractivity contribution in [1.82, 2.24) is 10.2 Å². The van der Waals surface area contributed by atoms with Crippen molar-refractivity contribution in [1.29, 1.82) is 0 Å². The van der Waals surface area contributed by atoms with Gasteiger partial charge in [0.2, 0.25) is 5.91 Å². The third kappa shape index (κ3) is 5.06. The highest BCUT2D eigenvalue weighted by molar-refractivity contribution is 6.04. The molecule has 0 unspecified atom stereocenters. The monoisotopic (exact) mass is 317 g/mol. The Morgan fingerprint density at radius 2 is 1.87 bits per heavy atom. The van der Waals surface area contributed by atoms with Crippen LogP contribution in [0.1, 0.15) is 37.0 Å². The summed E-state index contributed by atoms with van der Waals surface area (Å²) in [5.41, 5.74) is 1.12. The summed E-state index contributed by atoms with van der Waals surface area (Å²) in [6.07, 6.45) is 1.73. The molecule has 0 radical (unpaired) electrons. The van der Waals surface area contributed by atoms with Crippen LogP contribution in [0.5, 0.6) is 0 Å². The Labute approximate surface area is 138 Å². The van der Waals surface area contributed by atoms with Crippen LogP contribution < -0.4 is 10.6 Å². The van der Waals surface area contributed by atoms with Crippen molar-refractivity contribution in [3.8, 4) is 0 Å². The summed E-state index contributed by atoms with van der Waals surface area (Å²) >= 11 is 0. The molecule has 5 heteroatoms. The zero-order valence-corrected chi connectivity index (χ0v) is 14.3. The molecule has 0 aliphatic carbocycles. The quantitative estimate of drug-likeness (QED) is 0.876. The molecule has 0 saturated carbocycles. The number of piperidine rings is 1. The Hall–Kier alpha value is -1.88. The van der Waals surface area contributed by atoms with Crippen LogP contribution in [0.15, 0.2) is 24.3 Å². The number of benzene rings is 1. The molecule has 2 amide bonds. The summed E-state index contributed by atoms with van der Waals surface area (Å²) in [6.45, 7) is 6.60. The third-order valence-electron chi connectivity index (χ3n) is 4.19. The Morgan fingerprint density at radius 3 is 2.52 bits per heavy atom. The van der Waals surface area contributed by atoms with Crippen LogP contribution in [-0.2, 0) is 4.79 Å². The molecule has 0 bridgehead atoms. The Kier molecular flexibility index (Phi) is 6.16. The summed E-state index contributed by atoms with van der Waals surface area (Å²) in [5.74, 6) is 0.290. The number of nitrogens with one attached hydrogen (secondary N) is 2. The average Bonchev–Trinajstić information content (AvgIpc) is 2.53. The number of carbonyl (C=O) groups excluding carboxylic acids is 2. The third-order valence-corrected chi connectivity index (χ3v) is 4.19. The van der Waals surface area contributed by atoms with Gasteiger partial charge in [-0.3, -0.25) is 9.59 Å². The fraction of sp³-hybridized carbons (Fsp3) is 0.556. The summed E-state index contributed by atoms with van der Waals surface area (Å²) in [4.78, 5) is 27.0. The van der Waals surface area contributed by atoms with Crippen molar-refractivity contribution in [2.75, 3.05) is 32.0 Å². The first-order chi connectivity index (χ1) is 11.0. The van der Waals surface area contributed by atoms with E-state index in [1.165, 1.54) is 0 Å². The molecular weight excluding hydrogens is 290 g/mol. The second-order valence-corrected chi connectivity index (χ2v) is 6.72. The molecule has 0 spiro atoms. The van der Waals surface area contributed by atoms with Gasteiger partial charge in [-0.2, -0.15) is 0 Å². The lowest BCUT2D eigenvalue weighted by Gasteiger charge is -2.28. The standard InChI is InChI=1S/C18H27N3O2/c1-13(2)12-19-18(23)15-6-4-5-7-16(15)20-17(22)14-8-10-21(3)11-9-14/h4-7,13-14H,8-12H2,1-3H3,(H,19,23)(H,20,22). The second-order valence-electron chi connectivity index (χ2n) is 6.72. The van der Waals surface area contributed by atoms with Crippen molar-refractivity contribution >= 4 is 17.5 Å². The first-order valence-corrected chi connectivity index (χ1v) is 8.34. The van der Waals surface area contributed by atoms with E-state index in [9.17, 15) is 9.59 Å². The zero-order valence-electron chi connectivity index (χ0n) is 14.3. The lowest BCUT2D eigenvalue weighted by Crippen LogP contribution is -2.36. The minimum Gasteiger partial charge on any atom is -0.352 e. The molecule has 1 aromatic rings. The number of amides is 2. The molecule has 1 aromatic carbocycles. The number of para-hydroxylation sites is 1. The molecule has 2 rings (SSSR count). The van der Waals surface area contributed by atoms with Crippen molar-refractivity contribution in [2.24, 2.45) is 11.8 Å². The second kappa shape index (κ2) is 8.11. The van der Waals surface area contributed by atoms with Crippen LogP contribution in [0.4, 0.5) is 5.69 Å². The van der Waals surface area contributed by atoms with Crippen LogP contribution in [0.3, 0.4) is 0 Å². The summed E-state index contributed by atoms with van der Waals surface area (Å²) < 4.78 is 0. The van der Waals surface area contributed by atoms with Crippen LogP contribution in [0, 0.1) is 11.8 Å². The summed E-state index contributed by atoms with van der Waals surface area (Å²) in [6, 6.07) is 7.19. The van der Waals surface area contributed by atoms with E-state index in [0.717, 1.165) is 25.9 Å². The number of likely N-dealkylation sites (tertiary alicyclic amines) is 1. The van der Waals surface area contributed by atoms with E-state index >= 15 is 0 Å². The van der Waals surface area contributed by atoms with Gasteiger partial charge in [0, 0.05) is 12.5 Å². The number of hydrogen-bond acceptors (Lipinski definition) is 3. The van der Waals surface area contributed by atoms with E-state index in [1.807, 2.05) is 26.0 Å². The molecule has 23 heavy (non-hydrogen) atoms. The minimum absolute atomic E-state index is 0.0159. The predicted octanol–water partition coefficient (Wildman–Crippen LogP) is 2.35. The van der Waals surface area contributed by atoms with Gasteiger partial charge in [-0.1, -0.05) is 26.0 Å². The maximum atomic E-state index is 12.5. The van der Waals surface area contributed by atoms with Gasteiger partial charge in [-0.15, -0.1) is 0 Å². The number of hydrogen-bond donors (Lipinski definition) is 2. The molecule has 1 saturated heterocycles. The fourth-order valence-electron chi connectivity index (χ4n) is 2.69. The van der Waals surface area contributed by atoms with Crippen LogP contribution >= 0.6 is 0 Å². The lowest BCUT2D eigenvalue weighted by molar-refractivity contribution is -0.121. The highest BCUT2D eigenvalue weighted by Gasteiger charge is 2.24. The first-order valence-electron chi connectivity index (χ1n) is 8.34. The van der Waals surface area contributed by atoms with E-state index in [4.69, 9.17) is 0 Å². The first kappa shape index (κ1) is 17.5. The van der Waals surface area contributed by atoms with Crippen LogP contribution in [0.25, 0.3) is 0 Å². The van der Waals surface area contributed by atoms with Crippen molar-refractivity contribution in [2.45, 2.75) is 26.7 Å². The Balaban J connectivity index is 2.02. The maximum absolute atomic E-state index is 12.5. The van der Waals surface area contributed by atoms with Gasteiger partial charge in [-0.25, -0.2) is 0 Å². The van der Waals surface area contributed by atoms with Gasteiger partial charge in [0.1, 0.15) is 0 Å². The molecule has 1 heterocycles. The van der Waals surface area contributed by atoms with Gasteiger partial charge < -0.3 is 15.5 Å². The number of rotatable bonds is 5. The predicted molar refractivity (Wildman–Crippen MR) is 92.5 cm³/mol. The molecule has 1 aliphatic rings. The topological polar surface area (TPSA) is 61.4 Å². The van der Waals surface area contributed by atoms with E-state index in [1.54, 1.807) is 12.1 Å². The molecular formula is C18H27N3O2. The number of anilines is 1. The smallest absolute Gasteiger partial charge is 0.253 e. The number of nitrogens with zero attached hydrogens (tertiary/aromatic N) is 1. The highest BCUT2D eigenvalue weighted by Crippen LogP contribution is 2.21. The average molecular weight is 317 g/mol. The minimum atomic E-state index is -0.141. The van der Waals surface area contributed by atoms with E-state index < -0.39 is 0 Å². The Bertz CT molecular complexity index is 549. The zero-order chi connectivity index (χ0) is 16.8. The maximum Gasteiger partial charge on any atom is 0.253 e. The number of carbonyl (C=O) groups is 2. The van der Waals surface area contributed by atoms with E-state index in [2.05, 4.69) is 22.6 Å². The van der Waals surface area contributed by atoms with Crippen molar-refractivity contribution in [3.63, 3.8) is 0 Å². The van der Waals surface area contributed by atoms with Gasteiger partial charge in [0.15, 0.2) is 0 Å². The molecule has 0 atom stereocenters. The van der Waals surface area contributed by atoms with E-state index in [-0.39, 0.29) is 17.7 Å². The van der Waals surface area contributed by atoms with Crippen LogP contribution in [-0.4, -0.2) is 43.4 Å². The normalized spacial score (nSPS) is 16.3. The van der Waals surface area contributed by atoms with Crippen molar-refractivity contribution in [3.05, 3.63) is 29.8 Å². The summed E-state index contributed by atoms with van der Waals surface area (Å²) in [5, 5.41) is 5.85. The largest absolute Gasteiger partial charge is 0.352 e. The molecule has 2 N–H and O–H groups in total. The molecule has 1 fully saturated rings. The van der Waals surface area contributed by atoms with Gasteiger partial charge in [-0.05, 0) is 51.0 Å². The Morgan fingerprint density at radius 1 is 1.22 bits per heavy atom.